The maximum absolute atomic E-state index is 2.66. The third-order valence-electron chi connectivity index (χ3n) is 4.08. The number of likely N-dealkylation sites (tertiary alicyclic amines) is 2. The minimum absolute atomic E-state index is 0.746. The quantitative estimate of drug-likeness (QED) is 0.678. The summed E-state index contributed by atoms with van der Waals surface area (Å²) in [5, 5.41) is 0. The lowest BCUT2D eigenvalue weighted by atomic mass is 9.80. The molecule has 0 aromatic carbocycles. The molecule has 2 rings (SSSR count). The van der Waals surface area contributed by atoms with E-state index in [-0.39, 0.29) is 0 Å². The van der Waals surface area contributed by atoms with E-state index in [9.17, 15) is 0 Å². The average Bonchev–Trinajstić information content (AvgIpc) is 2.30. The predicted octanol–water partition coefficient (Wildman–Crippen LogP) is 2.69. The van der Waals surface area contributed by atoms with Crippen molar-refractivity contribution in [3.8, 4) is 0 Å². The minimum atomic E-state index is 0.746. The average molecular weight is 226 g/mol. The third-order valence-corrected chi connectivity index (χ3v) is 4.08. The molecule has 0 N–H and O–H groups in total. The summed E-state index contributed by atoms with van der Waals surface area (Å²) in [7, 11) is 2.27. The number of piperidine rings is 2. The van der Waals surface area contributed by atoms with E-state index in [0.717, 1.165) is 17.9 Å². The van der Waals surface area contributed by atoms with Crippen LogP contribution in [0, 0.1) is 11.8 Å². The second-order valence-corrected chi connectivity index (χ2v) is 5.45. The van der Waals surface area contributed by atoms with Crippen LogP contribution in [0.5, 0.6) is 0 Å². The normalized spacial score (nSPS) is 31.9. The Kier molecular flexibility index (Phi) is 5.77. The Hall–Kier alpha value is -0.0800. The van der Waals surface area contributed by atoms with Crippen molar-refractivity contribution in [3.63, 3.8) is 0 Å². The number of hydrogen-bond donors (Lipinski definition) is 0. The van der Waals surface area contributed by atoms with Gasteiger partial charge in [-0.15, -0.1) is 0 Å². The fourth-order valence-corrected chi connectivity index (χ4v) is 3.02. The van der Waals surface area contributed by atoms with Crippen LogP contribution in [0.1, 0.15) is 40.5 Å². The lowest BCUT2D eigenvalue weighted by Crippen LogP contribution is -2.50. The fraction of sp³-hybridized carbons (Fsp3) is 1.00. The van der Waals surface area contributed by atoms with Crippen molar-refractivity contribution in [2.45, 2.75) is 46.6 Å². The summed E-state index contributed by atoms with van der Waals surface area (Å²) in [4.78, 5) is 5.17. The molecule has 2 heterocycles. The van der Waals surface area contributed by atoms with Crippen LogP contribution < -0.4 is 0 Å². The van der Waals surface area contributed by atoms with E-state index in [0.29, 0.717) is 0 Å². The molecule has 0 aromatic heterocycles. The summed E-state index contributed by atoms with van der Waals surface area (Å²) in [6.45, 7) is 14.0. The molecule has 2 atom stereocenters. The van der Waals surface area contributed by atoms with Gasteiger partial charge in [-0.1, -0.05) is 13.8 Å². The van der Waals surface area contributed by atoms with E-state index in [1.807, 2.05) is 13.8 Å². The van der Waals surface area contributed by atoms with Crippen LogP contribution in [0.2, 0.25) is 0 Å². The summed E-state index contributed by atoms with van der Waals surface area (Å²) in [5.41, 5.74) is 0. The maximum atomic E-state index is 2.66. The zero-order valence-electron chi connectivity index (χ0n) is 11.9. The second kappa shape index (κ2) is 6.61. The fourth-order valence-electron chi connectivity index (χ4n) is 3.02. The lowest BCUT2D eigenvalue weighted by Gasteiger charge is -2.45. The molecule has 0 spiro atoms. The standard InChI is InChI=1S/C12H24N2.C2H6/c1-10(2)14-7-5-11-8-13(3)6-4-12(11)9-14;1-2/h10-12H,4-9H2,1-3H3;1-2H3. The first-order chi connectivity index (χ1) is 7.66. The van der Waals surface area contributed by atoms with Gasteiger partial charge in [0, 0.05) is 19.1 Å². The van der Waals surface area contributed by atoms with Gasteiger partial charge in [-0.3, -0.25) is 0 Å². The molecule has 0 aliphatic carbocycles. The van der Waals surface area contributed by atoms with Gasteiger partial charge in [0.15, 0.2) is 0 Å². The van der Waals surface area contributed by atoms with E-state index in [1.54, 1.807) is 0 Å². The van der Waals surface area contributed by atoms with Gasteiger partial charge in [0.1, 0.15) is 0 Å². The lowest BCUT2D eigenvalue weighted by molar-refractivity contribution is 0.0391. The first-order valence-corrected chi connectivity index (χ1v) is 7.09. The Morgan fingerprint density at radius 2 is 1.50 bits per heavy atom. The molecule has 0 bridgehead atoms. The van der Waals surface area contributed by atoms with Crippen LogP contribution in [0.4, 0.5) is 0 Å². The first kappa shape index (κ1) is 14.0. The van der Waals surface area contributed by atoms with Gasteiger partial charge in [0.05, 0.1) is 0 Å². The molecule has 0 saturated carbocycles. The molecular weight excluding hydrogens is 196 g/mol. The smallest absolute Gasteiger partial charge is 0.00387 e. The van der Waals surface area contributed by atoms with Crippen molar-refractivity contribution < 1.29 is 0 Å². The third kappa shape index (κ3) is 3.46. The Morgan fingerprint density at radius 3 is 2.12 bits per heavy atom. The van der Waals surface area contributed by atoms with Gasteiger partial charge in [0.2, 0.25) is 0 Å². The molecule has 0 radical (unpaired) electrons. The Morgan fingerprint density at radius 1 is 0.938 bits per heavy atom. The molecule has 2 heteroatoms. The highest BCUT2D eigenvalue weighted by atomic mass is 15.2. The number of nitrogens with zero attached hydrogens (tertiary/aromatic N) is 2. The molecule has 16 heavy (non-hydrogen) atoms. The molecule has 0 aromatic rings. The van der Waals surface area contributed by atoms with Crippen molar-refractivity contribution in [2.24, 2.45) is 11.8 Å². The summed E-state index contributed by atoms with van der Waals surface area (Å²) in [6.07, 6.45) is 2.84. The SMILES string of the molecule is CC.CC(C)N1CCC2CN(C)CCC2C1. The summed E-state index contributed by atoms with van der Waals surface area (Å²) >= 11 is 0. The van der Waals surface area contributed by atoms with E-state index in [4.69, 9.17) is 0 Å². The van der Waals surface area contributed by atoms with Crippen LogP contribution >= 0.6 is 0 Å². The molecule has 2 aliphatic heterocycles. The topological polar surface area (TPSA) is 6.48 Å². The minimum Gasteiger partial charge on any atom is -0.306 e. The highest BCUT2D eigenvalue weighted by Crippen LogP contribution is 2.31. The van der Waals surface area contributed by atoms with Crippen molar-refractivity contribution in [3.05, 3.63) is 0 Å². The van der Waals surface area contributed by atoms with Gasteiger partial charge in [-0.2, -0.15) is 0 Å². The zero-order chi connectivity index (χ0) is 12.1. The van der Waals surface area contributed by atoms with Gasteiger partial charge >= 0.3 is 0 Å². The van der Waals surface area contributed by atoms with Crippen LogP contribution in [-0.4, -0.2) is 49.1 Å². The van der Waals surface area contributed by atoms with Crippen LogP contribution in [0.3, 0.4) is 0 Å². The molecule has 2 nitrogen and oxygen atoms in total. The molecular formula is C14H30N2. The van der Waals surface area contributed by atoms with Crippen molar-refractivity contribution in [1.82, 2.24) is 9.80 Å². The number of rotatable bonds is 1. The number of fused-ring (bicyclic) bond motifs is 1. The van der Waals surface area contributed by atoms with E-state index in [2.05, 4.69) is 30.7 Å². The second-order valence-electron chi connectivity index (χ2n) is 5.45. The predicted molar refractivity (Wildman–Crippen MR) is 71.8 cm³/mol. The molecule has 96 valence electrons. The van der Waals surface area contributed by atoms with Crippen molar-refractivity contribution >= 4 is 0 Å². The van der Waals surface area contributed by atoms with E-state index < -0.39 is 0 Å². The largest absolute Gasteiger partial charge is 0.306 e. The Balaban J connectivity index is 0.000000606. The first-order valence-electron chi connectivity index (χ1n) is 7.09. The molecule has 2 saturated heterocycles. The van der Waals surface area contributed by atoms with Gasteiger partial charge in [-0.25, -0.2) is 0 Å². The molecule has 2 aliphatic rings. The monoisotopic (exact) mass is 226 g/mol. The highest BCUT2D eigenvalue weighted by molar-refractivity contribution is 4.86. The van der Waals surface area contributed by atoms with Crippen molar-refractivity contribution in [1.29, 1.82) is 0 Å². The van der Waals surface area contributed by atoms with Crippen molar-refractivity contribution in [2.75, 3.05) is 33.2 Å². The van der Waals surface area contributed by atoms with Gasteiger partial charge in [0.25, 0.3) is 0 Å². The molecule has 0 amide bonds. The zero-order valence-corrected chi connectivity index (χ0v) is 11.9. The van der Waals surface area contributed by atoms with E-state index in [1.165, 1.54) is 39.0 Å². The Labute approximate surface area is 102 Å². The Bertz CT molecular complexity index is 191. The van der Waals surface area contributed by atoms with E-state index >= 15 is 0 Å². The maximum Gasteiger partial charge on any atom is 0.00387 e. The highest BCUT2D eigenvalue weighted by Gasteiger charge is 2.33. The summed E-state index contributed by atoms with van der Waals surface area (Å²) < 4.78 is 0. The van der Waals surface area contributed by atoms with Gasteiger partial charge in [-0.05, 0) is 58.7 Å². The molecule has 2 fully saturated rings. The summed E-state index contributed by atoms with van der Waals surface area (Å²) in [5.74, 6) is 1.98. The number of hydrogen-bond acceptors (Lipinski definition) is 2. The summed E-state index contributed by atoms with van der Waals surface area (Å²) in [6, 6.07) is 0.746. The van der Waals surface area contributed by atoms with Crippen LogP contribution in [-0.2, 0) is 0 Å². The van der Waals surface area contributed by atoms with Gasteiger partial charge < -0.3 is 9.80 Å². The van der Waals surface area contributed by atoms with Crippen LogP contribution in [0.25, 0.3) is 0 Å². The van der Waals surface area contributed by atoms with Crippen LogP contribution in [0.15, 0.2) is 0 Å². The molecule has 2 unspecified atom stereocenters.